The maximum atomic E-state index is 5.23. The highest BCUT2D eigenvalue weighted by molar-refractivity contribution is 5.84. The molecule has 2 aromatic carbocycles. The van der Waals surface area contributed by atoms with Gasteiger partial charge in [-0.25, -0.2) is 0 Å². The van der Waals surface area contributed by atoms with E-state index >= 15 is 0 Å². The van der Waals surface area contributed by atoms with Gasteiger partial charge in [-0.1, -0.05) is 18.2 Å². The number of hydrogen-bond donors (Lipinski definition) is 1. The molecule has 0 heterocycles. The summed E-state index contributed by atoms with van der Waals surface area (Å²) in [6.45, 7) is 4.36. The van der Waals surface area contributed by atoms with E-state index in [1.807, 2.05) is 13.1 Å². The molecule has 0 aliphatic carbocycles. The zero-order chi connectivity index (χ0) is 12.5. The quantitative estimate of drug-likeness (QED) is 0.872. The third kappa shape index (κ3) is 2.27. The lowest BCUT2D eigenvalue weighted by Gasteiger charge is -2.25. The van der Waals surface area contributed by atoms with Crippen molar-refractivity contribution in [2.75, 3.05) is 14.2 Å². The summed E-state index contributed by atoms with van der Waals surface area (Å²) >= 11 is 0. The van der Waals surface area contributed by atoms with Gasteiger partial charge in [0.15, 0.2) is 0 Å². The van der Waals surface area contributed by atoms with Crippen LogP contribution >= 0.6 is 0 Å². The molecule has 2 nitrogen and oxygen atoms in total. The summed E-state index contributed by atoms with van der Waals surface area (Å²) in [6, 6.07) is 12.7. The molecule has 0 amide bonds. The molecule has 0 fully saturated rings. The Labute approximate surface area is 103 Å². The van der Waals surface area contributed by atoms with Crippen molar-refractivity contribution in [3.8, 4) is 5.75 Å². The van der Waals surface area contributed by atoms with Gasteiger partial charge in [0, 0.05) is 5.54 Å². The van der Waals surface area contributed by atoms with Crippen LogP contribution < -0.4 is 10.1 Å². The van der Waals surface area contributed by atoms with E-state index in [1.165, 1.54) is 16.3 Å². The van der Waals surface area contributed by atoms with Crippen molar-refractivity contribution in [2.45, 2.75) is 19.4 Å². The highest BCUT2D eigenvalue weighted by Crippen LogP contribution is 2.26. The monoisotopic (exact) mass is 229 g/mol. The van der Waals surface area contributed by atoms with Crippen molar-refractivity contribution < 1.29 is 4.74 Å². The van der Waals surface area contributed by atoms with Gasteiger partial charge in [-0.3, -0.25) is 0 Å². The molecule has 0 spiro atoms. The van der Waals surface area contributed by atoms with Crippen LogP contribution in [0.2, 0.25) is 0 Å². The van der Waals surface area contributed by atoms with Crippen molar-refractivity contribution in [3.05, 3.63) is 42.0 Å². The third-order valence-electron chi connectivity index (χ3n) is 3.39. The molecule has 0 saturated carbocycles. The number of hydrogen-bond acceptors (Lipinski definition) is 2. The molecule has 2 rings (SSSR count). The fourth-order valence-electron chi connectivity index (χ4n) is 1.88. The molecule has 0 bridgehead atoms. The Morgan fingerprint density at radius 1 is 1.00 bits per heavy atom. The largest absolute Gasteiger partial charge is 0.497 e. The Balaban J connectivity index is 2.52. The van der Waals surface area contributed by atoms with Crippen molar-refractivity contribution in [3.63, 3.8) is 0 Å². The Morgan fingerprint density at radius 2 is 1.65 bits per heavy atom. The van der Waals surface area contributed by atoms with Crippen LogP contribution in [0, 0.1) is 0 Å². The molecule has 2 aromatic rings. The van der Waals surface area contributed by atoms with Crippen LogP contribution in [0.4, 0.5) is 0 Å². The van der Waals surface area contributed by atoms with E-state index in [-0.39, 0.29) is 5.54 Å². The van der Waals surface area contributed by atoms with Crippen LogP contribution in [0.25, 0.3) is 10.8 Å². The normalized spacial score (nSPS) is 11.8. The Bertz CT molecular complexity index is 531. The van der Waals surface area contributed by atoms with Crippen molar-refractivity contribution in [1.29, 1.82) is 0 Å². The van der Waals surface area contributed by atoms with Gasteiger partial charge in [0.25, 0.3) is 0 Å². The van der Waals surface area contributed by atoms with Crippen molar-refractivity contribution in [2.24, 2.45) is 0 Å². The lowest BCUT2D eigenvalue weighted by Crippen LogP contribution is -2.32. The summed E-state index contributed by atoms with van der Waals surface area (Å²) in [5.41, 5.74) is 1.28. The highest BCUT2D eigenvalue weighted by atomic mass is 16.5. The summed E-state index contributed by atoms with van der Waals surface area (Å²) in [4.78, 5) is 0. The van der Waals surface area contributed by atoms with E-state index in [0.717, 1.165) is 5.75 Å². The topological polar surface area (TPSA) is 21.3 Å². The van der Waals surface area contributed by atoms with Crippen LogP contribution in [0.15, 0.2) is 36.4 Å². The SMILES string of the molecule is CNC(C)(C)c1ccc2cc(OC)ccc2c1. The summed E-state index contributed by atoms with van der Waals surface area (Å²) < 4.78 is 5.23. The Kier molecular flexibility index (Phi) is 3.07. The molecule has 0 atom stereocenters. The van der Waals surface area contributed by atoms with E-state index in [0.29, 0.717) is 0 Å². The van der Waals surface area contributed by atoms with Gasteiger partial charge < -0.3 is 10.1 Å². The van der Waals surface area contributed by atoms with Crippen LogP contribution in [0.5, 0.6) is 5.75 Å². The molecule has 2 heteroatoms. The second-order valence-electron chi connectivity index (χ2n) is 4.80. The van der Waals surface area contributed by atoms with Gasteiger partial charge in [-0.15, -0.1) is 0 Å². The lowest BCUT2D eigenvalue weighted by molar-refractivity contribution is 0.415. The number of benzene rings is 2. The molecule has 0 aromatic heterocycles. The molecule has 0 unspecified atom stereocenters. The zero-order valence-corrected chi connectivity index (χ0v) is 10.9. The van der Waals surface area contributed by atoms with Gasteiger partial charge in [-0.05, 0) is 55.4 Å². The number of ether oxygens (including phenoxy) is 1. The minimum absolute atomic E-state index is 0.00584. The molecule has 1 N–H and O–H groups in total. The van der Waals surface area contributed by atoms with Crippen LogP contribution in [0.3, 0.4) is 0 Å². The molecule has 0 saturated heterocycles. The van der Waals surface area contributed by atoms with E-state index in [1.54, 1.807) is 7.11 Å². The first-order valence-electron chi connectivity index (χ1n) is 5.84. The smallest absolute Gasteiger partial charge is 0.119 e. The fraction of sp³-hybridized carbons (Fsp3) is 0.333. The van der Waals surface area contributed by atoms with E-state index in [9.17, 15) is 0 Å². The first-order valence-corrected chi connectivity index (χ1v) is 5.84. The van der Waals surface area contributed by atoms with Crippen LogP contribution in [-0.4, -0.2) is 14.2 Å². The number of methoxy groups -OCH3 is 1. The standard InChI is InChI=1S/C15H19NO/c1-15(2,16-3)13-7-5-12-10-14(17-4)8-6-11(12)9-13/h5-10,16H,1-4H3. The average molecular weight is 229 g/mol. The maximum Gasteiger partial charge on any atom is 0.119 e. The molecule has 0 radical (unpaired) electrons. The van der Waals surface area contributed by atoms with Gasteiger partial charge in [0.05, 0.1) is 7.11 Å². The predicted molar refractivity (Wildman–Crippen MR) is 72.6 cm³/mol. The molecule has 0 aliphatic rings. The number of fused-ring (bicyclic) bond motifs is 1. The van der Waals surface area contributed by atoms with E-state index in [4.69, 9.17) is 4.74 Å². The van der Waals surface area contributed by atoms with Crippen LogP contribution in [-0.2, 0) is 5.54 Å². The Hall–Kier alpha value is -1.54. The summed E-state index contributed by atoms with van der Waals surface area (Å²) in [5, 5.41) is 5.77. The maximum absolute atomic E-state index is 5.23. The van der Waals surface area contributed by atoms with Gasteiger partial charge >= 0.3 is 0 Å². The summed E-state index contributed by atoms with van der Waals surface area (Å²) in [6.07, 6.45) is 0. The minimum atomic E-state index is -0.00584. The van der Waals surface area contributed by atoms with Gasteiger partial charge in [0.1, 0.15) is 5.75 Å². The summed E-state index contributed by atoms with van der Waals surface area (Å²) in [5.74, 6) is 0.901. The van der Waals surface area contributed by atoms with Crippen LogP contribution in [0.1, 0.15) is 19.4 Å². The molecule has 17 heavy (non-hydrogen) atoms. The molecular formula is C15H19NO. The van der Waals surface area contributed by atoms with Crippen molar-refractivity contribution in [1.82, 2.24) is 5.32 Å². The van der Waals surface area contributed by atoms with E-state index in [2.05, 4.69) is 49.5 Å². The number of nitrogens with one attached hydrogen (secondary N) is 1. The zero-order valence-electron chi connectivity index (χ0n) is 10.9. The van der Waals surface area contributed by atoms with Gasteiger partial charge in [-0.2, -0.15) is 0 Å². The Morgan fingerprint density at radius 3 is 2.29 bits per heavy atom. The van der Waals surface area contributed by atoms with Gasteiger partial charge in [0.2, 0.25) is 0 Å². The van der Waals surface area contributed by atoms with Crippen molar-refractivity contribution >= 4 is 10.8 Å². The highest BCUT2D eigenvalue weighted by Gasteiger charge is 2.17. The average Bonchev–Trinajstić information content (AvgIpc) is 2.37. The molecular weight excluding hydrogens is 210 g/mol. The first-order chi connectivity index (χ1) is 8.06. The van der Waals surface area contributed by atoms with E-state index < -0.39 is 0 Å². The lowest BCUT2D eigenvalue weighted by atomic mass is 9.92. The first kappa shape index (κ1) is 11.9. The number of rotatable bonds is 3. The molecule has 90 valence electrons. The minimum Gasteiger partial charge on any atom is -0.497 e. The summed E-state index contributed by atoms with van der Waals surface area (Å²) in [7, 11) is 3.68. The fourth-order valence-corrected chi connectivity index (χ4v) is 1.88. The second kappa shape index (κ2) is 4.38. The second-order valence-corrected chi connectivity index (χ2v) is 4.80. The third-order valence-corrected chi connectivity index (χ3v) is 3.39. The molecule has 0 aliphatic heterocycles. The predicted octanol–water partition coefficient (Wildman–Crippen LogP) is 3.30.